The van der Waals surface area contributed by atoms with Crippen LogP contribution in [0.25, 0.3) is 0 Å². The normalized spacial score (nSPS) is 9.64. The van der Waals surface area contributed by atoms with E-state index >= 15 is 0 Å². The molecule has 0 fully saturated rings. The molecule has 5 nitrogen and oxygen atoms in total. The monoisotopic (exact) mass is 341 g/mol. The van der Waals surface area contributed by atoms with Gasteiger partial charge in [0.05, 0.1) is 0 Å². The lowest BCUT2D eigenvalue weighted by Crippen LogP contribution is -2.24. The fraction of sp³-hybridized carbons (Fsp3) is 0.300. The smallest absolute Gasteiger partial charge is 0.251 e. The van der Waals surface area contributed by atoms with E-state index in [9.17, 15) is 9.59 Å². The summed E-state index contributed by atoms with van der Waals surface area (Å²) in [5.74, 6) is -0.316. The Labute approximate surface area is 149 Å². The van der Waals surface area contributed by atoms with Crippen LogP contribution in [0.5, 0.6) is 0 Å². The predicted molar refractivity (Wildman–Crippen MR) is 102 cm³/mol. The molecule has 2 amide bonds. The molecule has 2 aromatic rings. The van der Waals surface area contributed by atoms with Crippen molar-refractivity contribution in [3.8, 4) is 0 Å². The fourth-order valence-electron chi connectivity index (χ4n) is 2.06. The molecule has 0 radical (unpaired) electrons. The molecule has 5 N–H and O–H groups in total. The van der Waals surface area contributed by atoms with Crippen LogP contribution in [0.2, 0.25) is 0 Å². The van der Waals surface area contributed by atoms with E-state index in [0.717, 1.165) is 30.5 Å². The first-order valence-corrected chi connectivity index (χ1v) is 8.42. The number of anilines is 1. The highest BCUT2D eigenvalue weighted by Gasteiger charge is 2.03. The zero-order chi connectivity index (χ0) is 18.5. The van der Waals surface area contributed by atoms with Gasteiger partial charge in [-0.25, -0.2) is 0 Å². The van der Waals surface area contributed by atoms with Gasteiger partial charge in [0.1, 0.15) is 0 Å². The summed E-state index contributed by atoms with van der Waals surface area (Å²) in [5.41, 5.74) is 13.0. The molecule has 0 atom stereocenters. The summed E-state index contributed by atoms with van der Waals surface area (Å²) in [6, 6.07) is 17.0. The Hall–Kier alpha value is -2.82. The van der Waals surface area contributed by atoms with Gasteiger partial charge in [0, 0.05) is 24.2 Å². The maximum absolute atomic E-state index is 11.7. The van der Waals surface area contributed by atoms with Crippen molar-refractivity contribution in [2.24, 2.45) is 5.73 Å². The van der Waals surface area contributed by atoms with E-state index in [1.165, 1.54) is 0 Å². The van der Waals surface area contributed by atoms with E-state index < -0.39 is 0 Å². The molecule has 0 saturated heterocycles. The Bertz CT molecular complexity index is 640. The second-order valence-electron chi connectivity index (χ2n) is 5.81. The van der Waals surface area contributed by atoms with Gasteiger partial charge in [-0.2, -0.15) is 0 Å². The Morgan fingerprint density at radius 3 is 2.08 bits per heavy atom. The molecule has 5 heteroatoms. The predicted octanol–water partition coefficient (Wildman–Crippen LogP) is 3.04. The lowest BCUT2D eigenvalue weighted by Gasteiger charge is -2.05. The fourth-order valence-corrected chi connectivity index (χ4v) is 2.06. The van der Waals surface area contributed by atoms with Crippen molar-refractivity contribution >= 4 is 17.5 Å². The molecule has 0 aromatic heterocycles. The molecule has 25 heavy (non-hydrogen) atoms. The highest BCUT2D eigenvalue weighted by molar-refractivity contribution is 5.94. The van der Waals surface area contributed by atoms with Gasteiger partial charge in [-0.05, 0) is 44.0 Å². The van der Waals surface area contributed by atoms with Gasteiger partial charge in [-0.15, -0.1) is 0 Å². The van der Waals surface area contributed by atoms with E-state index in [4.69, 9.17) is 11.5 Å². The van der Waals surface area contributed by atoms with Gasteiger partial charge >= 0.3 is 0 Å². The first-order valence-electron chi connectivity index (χ1n) is 8.42. The van der Waals surface area contributed by atoms with E-state index in [1.807, 2.05) is 61.5 Å². The molecular formula is C20H27N3O2. The quantitative estimate of drug-likeness (QED) is 0.533. The minimum atomic E-state index is -0.265. The van der Waals surface area contributed by atoms with E-state index in [1.54, 1.807) is 0 Å². The number of hydrogen-bond acceptors (Lipinski definition) is 3. The van der Waals surface area contributed by atoms with Crippen molar-refractivity contribution in [2.45, 2.75) is 32.6 Å². The molecular weight excluding hydrogens is 314 g/mol. The first kappa shape index (κ1) is 20.2. The summed E-state index contributed by atoms with van der Waals surface area (Å²) >= 11 is 0. The number of nitrogens with two attached hydrogens (primary N) is 2. The molecule has 2 rings (SSSR count). The Balaban J connectivity index is 0.000000370. The van der Waals surface area contributed by atoms with Crippen molar-refractivity contribution in [1.82, 2.24) is 5.32 Å². The third-order valence-electron chi connectivity index (χ3n) is 3.50. The van der Waals surface area contributed by atoms with Gasteiger partial charge in [0.15, 0.2) is 0 Å². The number of para-hydroxylation sites is 1. The number of nitrogen functional groups attached to an aromatic ring is 1. The number of carbonyl (C=O) groups excluding carboxylic acids is 2. The Morgan fingerprint density at radius 1 is 0.920 bits per heavy atom. The molecule has 134 valence electrons. The topological polar surface area (TPSA) is 98.2 Å². The van der Waals surface area contributed by atoms with Crippen molar-refractivity contribution in [1.29, 1.82) is 0 Å². The lowest BCUT2D eigenvalue weighted by atomic mass is 10.1. The summed E-state index contributed by atoms with van der Waals surface area (Å²) in [6.45, 7) is 2.62. The molecule has 2 aromatic carbocycles. The summed E-state index contributed by atoms with van der Waals surface area (Å²) in [5, 5.41) is 2.85. The van der Waals surface area contributed by atoms with Crippen LogP contribution in [0.4, 0.5) is 5.69 Å². The largest absolute Gasteiger partial charge is 0.399 e. The lowest BCUT2D eigenvalue weighted by molar-refractivity contribution is -0.118. The van der Waals surface area contributed by atoms with Gasteiger partial charge in [-0.3, -0.25) is 9.59 Å². The number of primary amides is 1. The number of nitrogens with one attached hydrogen (secondary N) is 1. The Morgan fingerprint density at radius 2 is 1.56 bits per heavy atom. The molecule has 0 unspecified atom stereocenters. The molecule has 0 heterocycles. The number of carbonyl (C=O) groups is 2. The zero-order valence-electron chi connectivity index (χ0n) is 14.7. The molecule has 0 bridgehead atoms. The third-order valence-corrected chi connectivity index (χ3v) is 3.50. The molecule has 0 aliphatic rings. The van der Waals surface area contributed by atoms with Crippen LogP contribution in [0, 0.1) is 6.92 Å². The van der Waals surface area contributed by atoms with Crippen LogP contribution in [0.15, 0.2) is 54.6 Å². The molecule has 0 aliphatic carbocycles. The van der Waals surface area contributed by atoms with Crippen LogP contribution in [0.1, 0.15) is 41.6 Å². The molecule has 0 saturated carbocycles. The van der Waals surface area contributed by atoms with E-state index in [-0.39, 0.29) is 11.8 Å². The minimum absolute atomic E-state index is 0.0510. The van der Waals surface area contributed by atoms with E-state index in [2.05, 4.69) is 5.32 Å². The number of rotatable bonds is 7. The van der Waals surface area contributed by atoms with Gasteiger partial charge < -0.3 is 16.8 Å². The summed E-state index contributed by atoms with van der Waals surface area (Å²) in [7, 11) is 0. The van der Waals surface area contributed by atoms with Crippen LogP contribution in [-0.2, 0) is 4.79 Å². The van der Waals surface area contributed by atoms with Crippen LogP contribution >= 0.6 is 0 Å². The van der Waals surface area contributed by atoms with Gasteiger partial charge in [-0.1, -0.05) is 42.3 Å². The van der Waals surface area contributed by atoms with Crippen LogP contribution < -0.4 is 16.8 Å². The summed E-state index contributed by atoms with van der Waals surface area (Å²) in [4.78, 5) is 22.2. The summed E-state index contributed by atoms with van der Waals surface area (Å²) < 4.78 is 0. The average molecular weight is 341 g/mol. The highest BCUT2D eigenvalue weighted by Crippen LogP contribution is 2.03. The number of amides is 2. The molecule has 0 spiro atoms. The van der Waals surface area contributed by atoms with Crippen LogP contribution in [-0.4, -0.2) is 18.4 Å². The van der Waals surface area contributed by atoms with Crippen molar-refractivity contribution in [3.63, 3.8) is 0 Å². The van der Waals surface area contributed by atoms with Crippen molar-refractivity contribution in [3.05, 3.63) is 65.7 Å². The number of aryl methyl sites for hydroxylation is 1. The van der Waals surface area contributed by atoms with E-state index in [0.29, 0.717) is 18.5 Å². The number of benzene rings is 2. The molecule has 0 aliphatic heterocycles. The highest BCUT2D eigenvalue weighted by atomic mass is 16.1. The first-order chi connectivity index (χ1) is 12.0. The summed E-state index contributed by atoms with van der Waals surface area (Å²) in [6.07, 6.45) is 2.98. The maximum atomic E-state index is 11.7. The average Bonchev–Trinajstić information content (AvgIpc) is 2.59. The number of hydrogen-bond donors (Lipinski definition) is 3. The van der Waals surface area contributed by atoms with Crippen molar-refractivity contribution < 1.29 is 9.59 Å². The second kappa shape index (κ2) is 11.7. The van der Waals surface area contributed by atoms with Crippen molar-refractivity contribution in [2.75, 3.05) is 12.3 Å². The standard InChI is InChI=1S/C14H20N2O2.C6H7N/c1-11-6-8-12(9-7-11)14(18)16-10-4-2-3-5-13(15)17;7-6-4-2-1-3-5-6/h6-9H,2-5,10H2,1H3,(H2,15,17)(H,16,18);1-5H,7H2. The van der Waals surface area contributed by atoms with Crippen LogP contribution in [0.3, 0.4) is 0 Å². The zero-order valence-corrected chi connectivity index (χ0v) is 14.7. The van der Waals surface area contributed by atoms with Gasteiger partial charge in [0.2, 0.25) is 5.91 Å². The third kappa shape index (κ3) is 9.81. The minimum Gasteiger partial charge on any atom is -0.399 e. The Kier molecular flexibility index (Phi) is 9.45. The SMILES string of the molecule is Cc1ccc(C(=O)NCCCCCC(N)=O)cc1.Nc1ccccc1. The second-order valence-corrected chi connectivity index (χ2v) is 5.81. The van der Waals surface area contributed by atoms with Gasteiger partial charge in [0.25, 0.3) is 5.91 Å². The maximum Gasteiger partial charge on any atom is 0.251 e. The number of unbranched alkanes of at least 4 members (excludes halogenated alkanes) is 2.